The lowest BCUT2D eigenvalue weighted by Gasteiger charge is -2.23. The fourth-order valence-electron chi connectivity index (χ4n) is 2.28. The number of methoxy groups -OCH3 is 1. The molecule has 0 spiro atoms. The molecule has 7 heteroatoms. The molecule has 20 heavy (non-hydrogen) atoms. The summed E-state index contributed by atoms with van der Waals surface area (Å²) in [5, 5.41) is 3.24. The summed E-state index contributed by atoms with van der Waals surface area (Å²) in [6.07, 6.45) is 3.11. The van der Waals surface area contributed by atoms with Gasteiger partial charge in [0.2, 0.25) is 10.0 Å². The van der Waals surface area contributed by atoms with Crippen molar-refractivity contribution in [2.75, 3.05) is 24.1 Å². The van der Waals surface area contributed by atoms with E-state index in [1.807, 2.05) is 0 Å². The van der Waals surface area contributed by atoms with Crippen molar-refractivity contribution in [3.8, 4) is 5.75 Å². The molecule has 1 aliphatic rings. The Bertz CT molecular complexity index is 557. The number of anilines is 1. The summed E-state index contributed by atoms with van der Waals surface area (Å²) in [7, 11) is -1.78. The smallest absolute Gasteiger partial charge is 0.234 e. The van der Waals surface area contributed by atoms with Gasteiger partial charge in [0.05, 0.1) is 17.3 Å². The van der Waals surface area contributed by atoms with Gasteiger partial charge in [-0.2, -0.15) is 0 Å². The molecule has 5 nitrogen and oxygen atoms in total. The van der Waals surface area contributed by atoms with Crippen LogP contribution in [0.5, 0.6) is 5.75 Å². The number of ether oxygens (including phenoxy) is 1. The average Bonchev–Trinajstić information content (AvgIpc) is 2.39. The molecule has 0 bridgehead atoms. The summed E-state index contributed by atoms with van der Waals surface area (Å²) >= 11 is 3.34. The zero-order valence-corrected chi connectivity index (χ0v) is 13.8. The van der Waals surface area contributed by atoms with E-state index in [9.17, 15) is 8.42 Å². The Morgan fingerprint density at radius 2 is 2.25 bits per heavy atom. The molecule has 2 rings (SSSR count). The van der Waals surface area contributed by atoms with E-state index in [0.717, 1.165) is 30.3 Å². The third-order valence-electron chi connectivity index (χ3n) is 3.26. The van der Waals surface area contributed by atoms with Crippen molar-refractivity contribution in [2.24, 2.45) is 0 Å². The molecule has 1 fully saturated rings. The Hall–Kier alpha value is -0.790. The van der Waals surface area contributed by atoms with Crippen LogP contribution in [-0.2, 0) is 10.0 Å². The highest BCUT2D eigenvalue weighted by Crippen LogP contribution is 2.28. The van der Waals surface area contributed by atoms with Crippen LogP contribution >= 0.6 is 15.9 Å². The standard InChI is InChI=1S/C13H19BrN2O3S/c1-19-13-6-5-10(8-12(13)14)16-20(17,18)9-11-4-2-3-7-15-11/h5-6,8,11,15-16H,2-4,7,9H2,1H3. The number of piperidine rings is 1. The molecule has 0 aromatic heterocycles. The first-order valence-electron chi connectivity index (χ1n) is 6.57. The second-order valence-electron chi connectivity index (χ2n) is 4.88. The van der Waals surface area contributed by atoms with E-state index in [-0.39, 0.29) is 11.8 Å². The van der Waals surface area contributed by atoms with Crippen LogP contribution < -0.4 is 14.8 Å². The van der Waals surface area contributed by atoms with Gasteiger partial charge in [-0.3, -0.25) is 4.72 Å². The van der Waals surface area contributed by atoms with Crippen molar-refractivity contribution < 1.29 is 13.2 Å². The minimum absolute atomic E-state index is 0.0444. The number of halogens is 1. The van der Waals surface area contributed by atoms with Crippen LogP contribution in [0.15, 0.2) is 22.7 Å². The van der Waals surface area contributed by atoms with Crippen LogP contribution in [0.1, 0.15) is 19.3 Å². The Labute approximate surface area is 128 Å². The molecule has 0 radical (unpaired) electrons. The maximum absolute atomic E-state index is 12.1. The van der Waals surface area contributed by atoms with Crippen molar-refractivity contribution in [1.82, 2.24) is 5.32 Å². The quantitative estimate of drug-likeness (QED) is 0.843. The Kier molecular flexibility index (Phi) is 5.29. The molecule has 0 amide bonds. The molecular weight excluding hydrogens is 344 g/mol. The van der Waals surface area contributed by atoms with E-state index >= 15 is 0 Å². The highest BCUT2D eigenvalue weighted by atomic mass is 79.9. The molecule has 1 aromatic rings. The lowest BCUT2D eigenvalue weighted by atomic mass is 10.1. The summed E-state index contributed by atoms with van der Waals surface area (Å²) < 4.78 is 32.7. The Morgan fingerprint density at radius 1 is 1.45 bits per heavy atom. The number of nitrogens with one attached hydrogen (secondary N) is 2. The zero-order chi connectivity index (χ0) is 14.6. The summed E-state index contributed by atoms with van der Waals surface area (Å²) in [6.45, 7) is 0.897. The molecule has 2 N–H and O–H groups in total. The zero-order valence-electron chi connectivity index (χ0n) is 11.4. The number of hydrogen-bond acceptors (Lipinski definition) is 4. The molecule has 0 saturated carbocycles. The molecule has 1 aliphatic heterocycles. The van der Waals surface area contributed by atoms with Crippen LogP contribution in [0.4, 0.5) is 5.69 Å². The highest BCUT2D eigenvalue weighted by molar-refractivity contribution is 9.10. The minimum atomic E-state index is -3.34. The lowest BCUT2D eigenvalue weighted by Crippen LogP contribution is -2.40. The average molecular weight is 363 g/mol. The van der Waals surface area contributed by atoms with Crippen LogP contribution in [-0.4, -0.2) is 33.9 Å². The van der Waals surface area contributed by atoms with Gasteiger partial charge in [-0.15, -0.1) is 0 Å². The SMILES string of the molecule is COc1ccc(NS(=O)(=O)CC2CCCCN2)cc1Br. The molecule has 112 valence electrons. The predicted octanol–water partition coefficient (Wildman–Crippen LogP) is 2.34. The molecule has 0 aliphatic carbocycles. The lowest BCUT2D eigenvalue weighted by molar-refractivity contribution is 0.412. The third-order valence-corrected chi connectivity index (χ3v) is 5.27. The van der Waals surface area contributed by atoms with E-state index in [1.165, 1.54) is 0 Å². The molecule has 1 unspecified atom stereocenters. The molecule has 1 atom stereocenters. The largest absolute Gasteiger partial charge is 0.496 e. The summed E-state index contributed by atoms with van der Waals surface area (Å²) in [4.78, 5) is 0. The Balaban J connectivity index is 2.02. The second kappa shape index (κ2) is 6.78. The molecular formula is C13H19BrN2O3S. The fourth-order valence-corrected chi connectivity index (χ4v) is 4.21. The van der Waals surface area contributed by atoms with Gasteiger partial charge in [0, 0.05) is 11.7 Å². The van der Waals surface area contributed by atoms with Crippen molar-refractivity contribution >= 4 is 31.6 Å². The van der Waals surface area contributed by atoms with Gasteiger partial charge in [0.15, 0.2) is 0 Å². The van der Waals surface area contributed by atoms with E-state index in [1.54, 1.807) is 25.3 Å². The van der Waals surface area contributed by atoms with Crippen molar-refractivity contribution in [3.63, 3.8) is 0 Å². The molecule has 1 aromatic carbocycles. The van der Waals surface area contributed by atoms with Gasteiger partial charge in [0.1, 0.15) is 5.75 Å². The first kappa shape index (κ1) is 15.6. The first-order chi connectivity index (χ1) is 9.50. The van der Waals surface area contributed by atoms with Gasteiger partial charge in [-0.25, -0.2) is 8.42 Å². The molecule has 1 saturated heterocycles. The summed E-state index contributed by atoms with van der Waals surface area (Å²) in [6, 6.07) is 5.16. The van der Waals surface area contributed by atoms with E-state index < -0.39 is 10.0 Å². The number of sulfonamides is 1. The van der Waals surface area contributed by atoms with Gasteiger partial charge in [0.25, 0.3) is 0 Å². The number of hydrogen-bond donors (Lipinski definition) is 2. The Morgan fingerprint density at radius 3 is 2.85 bits per heavy atom. The van der Waals surface area contributed by atoms with E-state index in [2.05, 4.69) is 26.0 Å². The van der Waals surface area contributed by atoms with Crippen molar-refractivity contribution in [3.05, 3.63) is 22.7 Å². The normalized spacial score (nSPS) is 19.6. The maximum Gasteiger partial charge on any atom is 0.234 e. The van der Waals surface area contributed by atoms with E-state index in [0.29, 0.717) is 11.4 Å². The van der Waals surface area contributed by atoms with Crippen LogP contribution in [0.25, 0.3) is 0 Å². The summed E-state index contributed by atoms with van der Waals surface area (Å²) in [5.74, 6) is 0.776. The van der Waals surface area contributed by atoms with E-state index in [4.69, 9.17) is 4.74 Å². The van der Waals surface area contributed by atoms with Crippen LogP contribution in [0.3, 0.4) is 0 Å². The van der Waals surface area contributed by atoms with Crippen LogP contribution in [0, 0.1) is 0 Å². The minimum Gasteiger partial charge on any atom is -0.496 e. The molecule has 1 heterocycles. The van der Waals surface area contributed by atoms with Crippen LogP contribution in [0.2, 0.25) is 0 Å². The third kappa shape index (κ3) is 4.36. The maximum atomic E-state index is 12.1. The second-order valence-corrected chi connectivity index (χ2v) is 7.50. The fraction of sp³-hybridized carbons (Fsp3) is 0.538. The monoisotopic (exact) mass is 362 g/mol. The first-order valence-corrected chi connectivity index (χ1v) is 9.02. The number of rotatable bonds is 5. The number of benzene rings is 1. The van der Waals surface area contributed by atoms with Gasteiger partial charge in [-0.1, -0.05) is 6.42 Å². The van der Waals surface area contributed by atoms with Gasteiger partial charge in [-0.05, 0) is 53.5 Å². The predicted molar refractivity (Wildman–Crippen MR) is 83.7 cm³/mol. The van der Waals surface area contributed by atoms with Gasteiger partial charge >= 0.3 is 0 Å². The van der Waals surface area contributed by atoms with Gasteiger partial charge < -0.3 is 10.1 Å². The summed E-state index contributed by atoms with van der Waals surface area (Å²) in [5.41, 5.74) is 0.536. The van der Waals surface area contributed by atoms with Crippen molar-refractivity contribution in [2.45, 2.75) is 25.3 Å². The highest BCUT2D eigenvalue weighted by Gasteiger charge is 2.21. The topological polar surface area (TPSA) is 67.4 Å². The van der Waals surface area contributed by atoms with Crippen molar-refractivity contribution in [1.29, 1.82) is 0 Å².